The molecule has 1 aromatic rings. The van der Waals surface area contributed by atoms with Gasteiger partial charge in [0.15, 0.2) is 6.29 Å². The van der Waals surface area contributed by atoms with Crippen molar-refractivity contribution >= 4 is 17.7 Å². The Morgan fingerprint density at radius 3 is 2.15 bits per heavy atom. The highest BCUT2D eigenvalue weighted by atomic mass is 32.2. The van der Waals surface area contributed by atoms with E-state index in [-0.39, 0.29) is 18.4 Å². The first-order valence-corrected chi connectivity index (χ1v) is 14.7. The maximum atomic E-state index is 12.7. The fourth-order valence-electron chi connectivity index (χ4n) is 5.09. The maximum absolute atomic E-state index is 12.7. The standard InChI is InChI=1S/C29H46O4S/c1-25-24-29(28(30)33-25,34-26-18-12-11-13-19-26)21-15-9-7-5-3-2-4-6-8-10-16-22-31-27-20-14-17-23-32-27/h11-13,18-19,25,27H,2-10,14-17,20-24H2,1H3/t25-,27?,29?/m0/s1. The zero-order valence-corrected chi connectivity index (χ0v) is 22.1. The number of benzene rings is 1. The lowest BCUT2D eigenvalue weighted by molar-refractivity contribution is -0.162. The lowest BCUT2D eigenvalue weighted by Crippen LogP contribution is -2.30. The molecule has 0 aromatic heterocycles. The van der Waals surface area contributed by atoms with Crippen LogP contribution in [0.25, 0.3) is 0 Å². The van der Waals surface area contributed by atoms with Gasteiger partial charge in [0.05, 0.1) is 0 Å². The van der Waals surface area contributed by atoms with Gasteiger partial charge in [0.2, 0.25) is 0 Å². The number of rotatable bonds is 17. The third-order valence-corrected chi connectivity index (χ3v) is 8.46. The number of carbonyl (C=O) groups is 1. The van der Waals surface area contributed by atoms with Crippen molar-refractivity contribution in [2.45, 2.75) is 132 Å². The average molecular weight is 491 g/mol. The summed E-state index contributed by atoms with van der Waals surface area (Å²) < 4.78 is 16.6. The molecule has 0 N–H and O–H groups in total. The molecular formula is C29H46O4S. The number of thioether (sulfide) groups is 1. The van der Waals surface area contributed by atoms with Crippen LogP contribution in [0.4, 0.5) is 0 Å². The van der Waals surface area contributed by atoms with E-state index >= 15 is 0 Å². The van der Waals surface area contributed by atoms with Crippen molar-refractivity contribution in [1.82, 2.24) is 0 Å². The van der Waals surface area contributed by atoms with E-state index in [2.05, 4.69) is 12.1 Å². The second kappa shape index (κ2) is 15.9. The zero-order valence-electron chi connectivity index (χ0n) is 21.3. The summed E-state index contributed by atoms with van der Waals surface area (Å²) in [4.78, 5) is 13.8. The van der Waals surface area contributed by atoms with Gasteiger partial charge in [-0.25, -0.2) is 0 Å². The van der Waals surface area contributed by atoms with Gasteiger partial charge in [0, 0.05) is 24.5 Å². The number of unbranched alkanes of at least 4 members (excludes halogenated alkanes) is 10. The molecule has 2 unspecified atom stereocenters. The highest BCUT2D eigenvalue weighted by Crippen LogP contribution is 2.45. The summed E-state index contributed by atoms with van der Waals surface area (Å²) in [6.07, 6.45) is 19.4. The summed E-state index contributed by atoms with van der Waals surface area (Å²) in [5.41, 5.74) is 0. The van der Waals surface area contributed by atoms with Gasteiger partial charge in [-0.2, -0.15) is 0 Å². The first kappa shape index (κ1) is 27.5. The Kier molecular flexibility index (Phi) is 12.8. The number of esters is 1. The van der Waals surface area contributed by atoms with Gasteiger partial charge >= 0.3 is 5.97 Å². The number of cyclic esters (lactones) is 1. The second-order valence-corrected chi connectivity index (χ2v) is 11.6. The fraction of sp³-hybridized carbons (Fsp3) is 0.759. The first-order chi connectivity index (χ1) is 16.7. The summed E-state index contributed by atoms with van der Waals surface area (Å²) in [7, 11) is 0. The van der Waals surface area contributed by atoms with Gasteiger partial charge in [-0.05, 0) is 51.2 Å². The van der Waals surface area contributed by atoms with Crippen molar-refractivity contribution in [3.05, 3.63) is 30.3 Å². The molecule has 0 aliphatic carbocycles. The summed E-state index contributed by atoms with van der Waals surface area (Å²) in [6, 6.07) is 10.3. The molecule has 192 valence electrons. The Balaban J connectivity index is 1.16. The van der Waals surface area contributed by atoms with E-state index in [4.69, 9.17) is 14.2 Å². The molecule has 5 heteroatoms. The summed E-state index contributed by atoms with van der Waals surface area (Å²) in [5, 5.41) is 0. The van der Waals surface area contributed by atoms with E-state index in [0.717, 1.165) is 45.3 Å². The summed E-state index contributed by atoms with van der Waals surface area (Å²) >= 11 is 1.71. The van der Waals surface area contributed by atoms with Crippen molar-refractivity contribution in [2.75, 3.05) is 13.2 Å². The van der Waals surface area contributed by atoms with Crippen LogP contribution in [0.3, 0.4) is 0 Å². The minimum absolute atomic E-state index is 0.0114. The predicted molar refractivity (Wildman–Crippen MR) is 140 cm³/mol. The number of hydrogen-bond donors (Lipinski definition) is 0. The lowest BCUT2D eigenvalue weighted by Gasteiger charge is -2.24. The third kappa shape index (κ3) is 9.91. The van der Waals surface area contributed by atoms with E-state index in [1.165, 1.54) is 75.5 Å². The second-order valence-electron chi connectivity index (χ2n) is 10.1. The van der Waals surface area contributed by atoms with Gasteiger partial charge in [-0.1, -0.05) is 82.4 Å². The van der Waals surface area contributed by atoms with E-state index in [0.29, 0.717) is 0 Å². The molecule has 3 atom stereocenters. The molecule has 2 aliphatic rings. The van der Waals surface area contributed by atoms with Crippen LogP contribution in [0, 0.1) is 0 Å². The van der Waals surface area contributed by atoms with Gasteiger partial charge < -0.3 is 14.2 Å². The molecule has 2 heterocycles. The number of carbonyl (C=O) groups excluding carboxylic acids is 1. The molecule has 2 fully saturated rings. The Labute approximate surface area is 211 Å². The van der Waals surface area contributed by atoms with Crippen molar-refractivity contribution in [3.8, 4) is 0 Å². The van der Waals surface area contributed by atoms with Crippen molar-refractivity contribution < 1.29 is 19.0 Å². The monoisotopic (exact) mass is 490 g/mol. The summed E-state index contributed by atoms with van der Waals surface area (Å²) in [5.74, 6) is -0.0114. The van der Waals surface area contributed by atoms with Gasteiger partial charge in [0.1, 0.15) is 10.9 Å². The minimum atomic E-state index is -0.394. The Morgan fingerprint density at radius 2 is 1.56 bits per heavy atom. The van der Waals surface area contributed by atoms with Crippen molar-refractivity contribution in [2.24, 2.45) is 0 Å². The molecule has 0 amide bonds. The molecule has 0 saturated carbocycles. The lowest BCUT2D eigenvalue weighted by atomic mass is 9.96. The molecular weight excluding hydrogens is 444 g/mol. The van der Waals surface area contributed by atoms with Crippen LogP contribution in [0.5, 0.6) is 0 Å². The molecule has 0 radical (unpaired) electrons. The molecule has 2 aliphatic heterocycles. The first-order valence-electron chi connectivity index (χ1n) is 13.9. The van der Waals surface area contributed by atoms with E-state index in [9.17, 15) is 4.79 Å². The highest BCUT2D eigenvalue weighted by Gasteiger charge is 2.48. The smallest absolute Gasteiger partial charge is 0.322 e. The molecule has 2 saturated heterocycles. The molecule has 1 aromatic carbocycles. The van der Waals surface area contributed by atoms with Crippen LogP contribution < -0.4 is 0 Å². The molecule has 34 heavy (non-hydrogen) atoms. The van der Waals surface area contributed by atoms with Crippen LogP contribution in [0.1, 0.15) is 110 Å². The van der Waals surface area contributed by atoms with E-state index in [1.807, 2.05) is 25.1 Å². The van der Waals surface area contributed by atoms with Crippen LogP contribution in [-0.4, -0.2) is 36.3 Å². The zero-order chi connectivity index (χ0) is 23.9. The molecule has 3 rings (SSSR count). The Morgan fingerprint density at radius 1 is 0.912 bits per heavy atom. The fourth-order valence-corrected chi connectivity index (χ4v) is 6.53. The maximum Gasteiger partial charge on any atom is 0.322 e. The van der Waals surface area contributed by atoms with E-state index in [1.54, 1.807) is 11.8 Å². The minimum Gasteiger partial charge on any atom is -0.462 e. The van der Waals surface area contributed by atoms with Crippen LogP contribution in [0.15, 0.2) is 35.2 Å². The Hall–Kier alpha value is -1.04. The van der Waals surface area contributed by atoms with Crippen LogP contribution in [0.2, 0.25) is 0 Å². The van der Waals surface area contributed by atoms with Crippen LogP contribution >= 0.6 is 11.8 Å². The molecule has 0 spiro atoms. The molecule has 4 nitrogen and oxygen atoms in total. The van der Waals surface area contributed by atoms with E-state index < -0.39 is 4.75 Å². The Bertz CT molecular complexity index is 676. The predicted octanol–water partition coefficient (Wildman–Crippen LogP) is 8.08. The average Bonchev–Trinajstić information content (AvgIpc) is 3.13. The quantitative estimate of drug-likeness (QED) is 0.163. The van der Waals surface area contributed by atoms with Crippen molar-refractivity contribution in [1.29, 1.82) is 0 Å². The summed E-state index contributed by atoms with van der Waals surface area (Å²) in [6.45, 7) is 3.74. The van der Waals surface area contributed by atoms with Crippen molar-refractivity contribution in [3.63, 3.8) is 0 Å². The number of ether oxygens (including phenoxy) is 3. The largest absolute Gasteiger partial charge is 0.462 e. The number of hydrogen-bond acceptors (Lipinski definition) is 5. The third-order valence-electron chi connectivity index (χ3n) is 7.02. The normalized spacial score (nSPS) is 24.9. The molecule has 0 bridgehead atoms. The van der Waals surface area contributed by atoms with Gasteiger partial charge in [-0.15, -0.1) is 11.8 Å². The van der Waals surface area contributed by atoms with Crippen LogP contribution in [-0.2, 0) is 19.0 Å². The SMILES string of the molecule is C[C@H]1CC(CCCCCCCCCCCCCOC2CCCCO2)(Sc2ccccc2)C(=O)O1. The highest BCUT2D eigenvalue weighted by molar-refractivity contribution is 8.01. The topological polar surface area (TPSA) is 44.8 Å². The van der Waals surface area contributed by atoms with Gasteiger partial charge in [-0.3, -0.25) is 4.79 Å². The van der Waals surface area contributed by atoms with Gasteiger partial charge in [0.25, 0.3) is 0 Å².